The maximum Gasteiger partial charge on any atom is 0.245 e. The first-order chi connectivity index (χ1) is 17.9. The second kappa shape index (κ2) is 10.5. The smallest absolute Gasteiger partial charge is 0.245 e. The minimum Gasteiger partial charge on any atom is -0.497 e. The molecule has 1 amide bonds. The van der Waals surface area contributed by atoms with Gasteiger partial charge in [-0.3, -0.25) is 9.78 Å². The number of hydrogen-bond acceptors (Lipinski definition) is 6. The van der Waals surface area contributed by atoms with Crippen molar-refractivity contribution in [3.8, 4) is 11.4 Å². The Hall–Kier alpha value is -3.76. The first-order valence-corrected chi connectivity index (χ1v) is 13.8. The molecule has 0 saturated heterocycles. The molecule has 0 saturated carbocycles. The average Bonchev–Trinajstić information content (AvgIpc) is 3.31. The van der Waals surface area contributed by atoms with Crippen molar-refractivity contribution in [2.24, 2.45) is 0 Å². The summed E-state index contributed by atoms with van der Waals surface area (Å²) in [5.41, 5.74) is 1.60. The van der Waals surface area contributed by atoms with Gasteiger partial charge in [-0.25, -0.2) is 13.1 Å². The van der Waals surface area contributed by atoms with Crippen molar-refractivity contribution >= 4 is 32.7 Å². The minimum absolute atomic E-state index is 0.0652. The van der Waals surface area contributed by atoms with Crippen LogP contribution in [0.4, 0.5) is 5.82 Å². The Labute approximate surface area is 223 Å². The predicted molar refractivity (Wildman–Crippen MR) is 148 cm³/mol. The van der Waals surface area contributed by atoms with Gasteiger partial charge < -0.3 is 10.1 Å². The molecule has 2 aromatic heterocycles. The van der Waals surface area contributed by atoms with Gasteiger partial charge in [-0.15, -0.1) is 0 Å². The van der Waals surface area contributed by atoms with Gasteiger partial charge in [0.15, 0.2) is 0 Å². The van der Waals surface area contributed by atoms with Gasteiger partial charge in [0, 0.05) is 29.1 Å². The number of pyridine rings is 1. The largest absolute Gasteiger partial charge is 0.497 e. The second-order valence-corrected chi connectivity index (χ2v) is 12.2. The summed E-state index contributed by atoms with van der Waals surface area (Å²) in [5, 5.41) is 8.32. The normalized spacial score (nSPS) is 12.3. The van der Waals surface area contributed by atoms with Crippen LogP contribution in [0.3, 0.4) is 0 Å². The Balaban J connectivity index is 1.66. The molecular weight excluding hydrogens is 502 g/mol. The number of methoxy groups -OCH3 is 1. The van der Waals surface area contributed by atoms with E-state index >= 15 is 0 Å². The van der Waals surface area contributed by atoms with E-state index in [0.29, 0.717) is 22.5 Å². The lowest BCUT2D eigenvalue weighted by atomic mass is 9.92. The number of anilines is 1. The van der Waals surface area contributed by atoms with Crippen LogP contribution in [-0.2, 0) is 20.2 Å². The molecule has 9 nitrogen and oxygen atoms in total. The zero-order valence-corrected chi connectivity index (χ0v) is 23.3. The van der Waals surface area contributed by atoms with E-state index in [4.69, 9.17) is 9.84 Å². The second-order valence-electron chi connectivity index (χ2n) is 10.3. The van der Waals surface area contributed by atoms with Gasteiger partial charge in [-0.05, 0) is 50.2 Å². The van der Waals surface area contributed by atoms with Gasteiger partial charge in [0.05, 0.1) is 30.6 Å². The molecule has 0 bridgehead atoms. The Morgan fingerprint density at radius 3 is 2.39 bits per heavy atom. The number of nitrogens with one attached hydrogen (secondary N) is 1. The number of nitrogens with zero attached hydrogens (tertiary/aromatic N) is 4. The number of para-hydroxylation sites is 1. The summed E-state index contributed by atoms with van der Waals surface area (Å²) in [6.45, 7) is 9.20. The fourth-order valence-corrected chi connectivity index (χ4v) is 5.80. The van der Waals surface area contributed by atoms with E-state index < -0.39 is 22.0 Å². The first kappa shape index (κ1) is 27.3. The highest BCUT2D eigenvalue weighted by Crippen LogP contribution is 2.28. The minimum atomic E-state index is -4.03. The van der Waals surface area contributed by atoms with E-state index in [0.717, 1.165) is 11.4 Å². The number of rotatable bonds is 8. The molecule has 0 aliphatic rings. The highest BCUT2D eigenvalue weighted by atomic mass is 32.2. The number of carbonyl (C=O) groups is 1. The van der Waals surface area contributed by atoms with Crippen LogP contribution in [0.1, 0.15) is 40.3 Å². The lowest BCUT2D eigenvalue weighted by Gasteiger charge is -2.25. The lowest BCUT2D eigenvalue weighted by Crippen LogP contribution is -2.42. The molecular formula is C28H33N5O4S. The predicted octanol–water partition coefficient (Wildman–Crippen LogP) is 4.76. The van der Waals surface area contributed by atoms with Gasteiger partial charge in [0.2, 0.25) is 15.9 Å². The molecule has 0 atom stereocenters. The number of sulfonamides is 1. The molecule has 200 valence electrons. The van der Waals surface area contributed by atoms with Crippen molar-refractivity contribution in [3.05, 3.63) is 72.6 Å². The molecule has 1 N–H and O–H groups in total. The van der Waals surface area contributed by atoms with Crippen LogP contribution < -0.4 is 10.1 Å². The van der Waals surface area contributed by atoms with Crippen molar-refractivity contribution in [2.75, 3.05) is 19.0 Å². The standard InChI is InChI=1S/C28H33N5O4S/c1-19(2)32(38(35,36)23-11-7-9-20-10-8-16-29-27(20)23)18-26(34)30-25-17-24(28(3,4)5)31-33(25)21-12-14-22(37-6)15-13-21/h7-17,19H,18H2,1-6H3,(H,30,34). The van der Waals surface area contributed by atoms with E-state index in [2.05, 4.69) is 10.3 Å². The van der Waals surface area contributed by atoms with Crippen LogP contribution in [0.2, 0.25) is 0 Å². The summed E-state index contributed by atoms with van der Waals surface area (Å²) in [6, 6.07) is 17.2. The van der Waals surface area contributed by atoms with Crippen LogP contribution >= 0.6 is 0 Å². The molecule has 2 aromatic carbocycles. The molecule has 0 unspecified atom stereocenters. The fraction of sp³-hybridized carbons (Fsp3) is 0.321. The molecule has 0 spiro atoms. The van der Waals surface area contributed by atoms with Crippen molar-refractivity contribution < 1.29 is 17.9 Å². The summed E-state index contributed by atoms with van der Waals surface area (Å²) in [7, 11) is -2.44. The third-order valence-corrected chi connectivity index (χ3v) is 8.17. The van der Waals surface area contributed by atoms with Crippen molar-refractivity contribution in [2.45, 2.75) is 51.0 Å². The number of hydrogen-bond donors (Lipinski definition) is 1. The zero-order valence-electron chi connectivity index (χ0n) is 22.5. The summed E-state index contributed by atoms with van der Waals surface area (Å²) < 4.78 is 35.6. The van der Waals surface area contributed by atoms with Crippen molar-refractivity contribution in [1.82, 2.24) is 19.1 Å². The number of benzene rings is 2. The lowest BCUT2D eigenvalue weighted by molar-refractivity contribution is -0.116. The summed E-state index contributed by atoms with van der Waals surface area (Å²) in [4.78, 5) is 17.7. The monoisotopic (exact) mass is 535 g/mol. The fourth-order valence-electron chi connectivity index (χ4n) is 4.04. The van der Waals surface area contributed by atoms with Crippen LogP contribution in [0.5, 0.6) is 5.75 Å². The SMILES string of the molecule is COc1ccc(-n2nc(C(C)(C)C)cc2NC(=O)CN(C(C)C)S(=O)(=O)c2cccc3cccnc23)cc1. The van der Waals surface area contributed by atoms with E-state index in [1.54, 1.807) is 56.1 Å². The molecule has 0 radical (unpaired) electrons. The summed E-state index contributed by atoms with van der Waals surface area (Å²) in [6.07, 6.45) is 1.56. The molecule has 4 aromatic rings. The van der Waals surface area contributed by atoms with Crippen LogP contribution in [0, 0.1) is 0 Å². The number of fused-ring (bicyclic) bond motifs is 1. The van der Waals surface area contributed by atoms with E-state index in [1.807, 2.05) is 51.1 Å². The maximum atomic E-state index is 13.7. The molecule has 0 fully saturated rings. The van der Waals surface area contributed by atoms with E-state index in [9.17, 15) is 13.2 Å². The summed E-state index contributed by atoms with van der Waals surface area (Å²) >= 11 is 0. The maximum absolute atomic E-state index is 13.7. The highest BCUT2D eigenvalue weighted by molar-refractivity contribution is 7.89. The van der Waals surface area contributed by atoms with Crippen molar-refractivity contribution in [3.63, 3.8) is 0 Å². The zero-order chi connectivity index (χ0) is 27.7. The Morgan fingerprint density at radius 1 is 1.08 bits per heavy atom. The molecule has 2 heterocycles. The molecule has 0 aliphatic heterocycles. The van der Waals surface area contributed by atoms with Crippen LogP contribution in [0.25, 0.3) is 16.6 Å². The Morgan fingerprint density at radius 2 is 1.76 bits per heavy atom. The Bertz CT molecular complexity index is 1550. The number of carbonyl (C=O) groups excluding carboxylic acids is 1. The van der Waals surface area contributed by atoms with Crippen LogP contribution in [-0.4, -0.2) is 53.1 Å². The van der Waals surface area contributed by atoms with Gasteiger partial charge in [0.1, 0.15) is 16.5 Å². The number of aromatic nitrogens is 3. The first-order valence-electron chi connectivity index (χ1n) is 12.3. The molecule has 0 aliphatic carbocycles. The quantitative estimate of drug-likeness (QED) is 0.349. The topological polar surface area (TPSA) is 106 Å². The van der Waals surface area contributed by atoms with Gasteiger partial charge >= 0.3 is 0 Å². The number of amides is 1. The van der Waals surface area contributed by atoms with Gasteiger partial charge in [-0.1, -0.05) is 39.0 Å². The van der Waals surface area contributed by atoms with Crippen molar-refractivity contribution in [1.29, 1.82) is 0 Å². The third kappa shape index (κ3) is 5.56. The third-order valence-electron chi connectivity index (χ3n) is 6.12. The Kier molecular flexibility index (Phi) is 7.57. The average molecular weight is 536 g/mol. The van der Waals surface area contributed by atoms with E-state index in [-0.39, 0.29) is 16.9 Å². The van der Waals surface area contributed by atoms with Gasteiger partial charge in [0.25, 0.3) is 0 Å². The molecule has 4 rings (SSSR count). The van der Waals surface area contributed by atoms with Crippen LogP contribution in [0.15, 0.2) is 71.8 Å². The van der Waals surface area contributed by atoms with E-state index in [1.165, 1.54) is 10.4 Å². The number of ether oxygens (including phenoxy) is 1. The highest BCUT2D eigenvalue weighted by Gasteiger charge is 2.31. The molecule has 38 heavy (non-hydrogen) atoms. The summed E-state index contributed by atoms with van der Waals surface area (Å²) in [5.74, 6) is 0.659. The van der Waals surface area contributed by atoms with Gasteiger partial charge in [-0.2, -0.15) is 9.40 Å². The molecule has 10 heteroatoms.